The van der Waals surface area contributed by atoms with E-state index in [4.69, 9.17) is 22.1 Å². The van der Waals surface area contributed by atoms with Crippen molar-refractivity contribution in [2.45, 2.75) is 95.9 Å². The van der Waals surface area contributed by atoms with E-state index in [9.17, 15) is 9.90 Å². The third kappa shape index (κ3) is 6.95. The fourth-order valence-electron chi connectivity index (χ4n) is 6.27. The van der Waals surface area contributed by atoms with Crippen molar-refractivity contribution in [1.82, 2.24) is 4.90 Å². The third-order valence-corrected chi connectivity index (χ3v) is 8.45. The van der Waals surface area contributed by atoms with Crippen LogP contribution in [0.1, 0.15) is 77.6 Å². The van der Waals surface area contributed by atoms with E-state index in [0.29, 0.717) is 12.3 Å². The van der Waals surface area contributed by atoms with Crippen molar-refractivity contribution in [2.24, 2.45) is 29.4 Å². The number of nitrogens with two attached hydrogens (primary N) is 1. The van der Waals surface area contributed by atoms with Gasteiger partial charge in [0.05, 0.1) is 31.4 Å². The molecule has 3 aliphatic rings. The smallest absolute Gasteiger partial charge is 0.304 e. The summed E-state index contributed by atoms with van der Waals surface area (Å²) < 4.78 is 21.5. The first-order valence-electron chi connectivity index (χ1n) is 12.8. The van der Waals surface area contributed by atoms with Crippen molar-refractivity contribution in [3.8, 4) is 0 Å². The van der Waals surface area contributed by atoms with Crippen LogP contribution >= 0.6 is 11.6 Å². The van der Waals surface area contributed by atoms with Gasteiger partial charge in [-0.3, -0.25) is 9.69 Å². The van der Waals surface area contributed by atoms with Gasteiger partial charge in [-0.1, -0.05) is 31.0 Å². The maximum atomic E-state index is 15.9. The summed E-state index contributed by atoms with van der Waals surface area (Å²) in [5.41, 5.74) is 6.49. The molecule has 3 rings (SSSR count). The van der Waals surface area contributed by atoms with E-state index in [-0.39, 0.29) is 36.4 Å². The van der Waals surface area contributed by atoms with Crippen LogP contribution in [-0.2, 0) is 9.53 Å². The number of carbonyl (C=O) groups is 1. The second-order valence-electron chi connectivity index (χ2n) is 10.2. The number of allylic oxidation sites excluding steroid dienone is 4. The molecule has 33 heavy (non-hydrogen) atoms. The highest BCUT2D eigenvalue weighted by molar-refractivity contribution is 6.29. The van der Waals surface area contributed by atoms with E-state index in [1.165, 1.54) is 0 Å². The molecule has 0 aromatic carbocycles. The first-order valence-corrected chi connectivity index (χ1v) is 13.2. The summed E-state index contributed by atoms with van der Waals surface area (Å²) in [5, 5.41) is 10.0. The lowest BCUT2D eigenvalue weighted by atomic mass is 9.71. The van der Waals surface area contributed by atoms with Crippen LogP contribution in [0.2, 0.25) is 0 Å². The summed E-state index contributed by atoms with van der Waals surface area (Å²) in [6.45, 7) is 3.04. The molecule has 7 atom stereocenters. The van der Waals surface area contributed by atoms with Crippen molar-refractivity contribution in [3.63, 3.8) is 0 Å². The monoisotopic (exact) mass is 484 g/mol. The van der Waals surface area contributed by atoms with Crippen LogP contribution in [0.3, 0.4) is 0 Å². The predicted octanol–water partition coefficient (Wildman–Crippen LogP) is 5.83. The zero-order valence-corrected chi connectivity index (χ0v) is 21.0. The highest BCUT2D eigenvalue weighted by Gasteiger charge is 2.41. The Bertz CT molecular complexity index is 716. The summed E-state index contributed by atoms with van der Waals surface area (Å²) in [7, 11) is 1.65. The van der Waals surface area contributed by atoms with Gasteiger partial charge in [-0.05, 0) is 88.2 Å². The largest absolute Gasteiger partial charge is 0.501 e. The van der Waals surface area contributed by atoms with Crippen LogP contribution < -0.4 is 5.73 Å². The molecule has 1 heterocycles. The molecule has 1 saturated heterocycles. The first-order chi connectivity index (χ1) is 15.8. The van der Waals surface area contributed by atoms with Gasteiger partial charge in [-0.2, -0.15) is 0 Å². The lowest BCUT2D eigenvalue weighted by Crippen LogP contribution is -2.45. The molecule has 0 saturated carbocycles. The van der Waals surface area contributed by atoms with Gasteiger partial charge in [-0.25, -0.2) is 4.39 Å². The summed E-state index contributed by atoms with van der Waals surface area (Å²) in [6, 6.07) is 0.0416. The number of aliphatic carboxylic acids is 1. The summed E-state index contributed by atoms with van der Waals surface area (Å²) >= 11 is 6.31. The molecular weight excluding hydrogens is 443 g/mol. The van der Waals surface area contributed by atoms with Crippen molar-refractivity contribution < 1.29 is 19.0 Å². The molecule has 1 aliphatic heterocycles. The van der Waals surface area contributed by atoms with Gasteiger partial charge in [0.2, 0.25) is 0 Å². The number of methoxy groups -OCH3 is 1. The Morgan fingerprint density at radius 1 is 1.36 bits per heavy atom. The van der Waals surface area contributed by atoms with Gasteiger partial charge in [0.1, 0.15) is 6.17 Å². The van der Waals surface area contributed by atoms with E-state index in [1.54, 1.807) is 7.11 Å². The number of ether oxygens (including phenoxy) is 1. The summed E-state index contributed by atoms with van der Waals surface area (Å²) in [4.78, 5) is 13.3. The second-order valence-corrected chi connectivity index (χ2v) is 10.7. The maximum Gasteiger partial charge on any atom is 0.304 e. The molecular formula is C26H42ClFN2O3. The van der Waals surface area contributed by atoms with Crippen molar-refractivity contribution in [1.29, 1.82) is 0 Å². The van der Waals surface area contributed by atoms with Gasteiger partial charge >= 0.3 is 5.97 Å². The fourth-order valence-corrected chi connectivity index (χ4v) is 6.57. The topological polar surface area (TPSA) is 75.8 Å². The minimum absolute atomic E-state index is 0.0178. The molecule has 5 nitrogen and oxygen atoms in total. The number of alkyl halides is 1. The number of likely N-dealkylation sites (tertiary alicyclic amines) is 1. The average Bonchev–Trinajstić information content (AvgIpc) is 3.24. The number of hydrogen-bond donors (Lipinski definition) is 2. The summed E-state index contributed by atoms with van der Waals surface area (Å²) in [5.74, 6) is 0.261. The molecule has 0 aromatic heterocycles. The Kier molecular flexibility index (Phi) is 10.1. The van der Waals surface area contributed by atoms with E-state index >= 15 is 4.39 Å². The van der Waals surface area contributed by atoms with Crippen LogP contribution in [0.15, 0.2) is 22.9 Å². The first kappa shape index (κ1) is 26.5. The highest BCUT2D eigenvalue weighted by Crippen LogP contribution is 2.44. The molecule has 0 spiro atoms. The Balaban J connectivity index is 1.58. The zero-order valence-electron chi connectivity index (χ0n) is 20.2. The molecule has 1 fully saturated rings. The Morgan fingerprint density at radius 2 is 2.15 bits per heavy atom. The van der Waals surface area contributed by atoms with Gasteiger partial charge in [-0.15, -0.1) is 0 Å². The lowest BCUT2D eigenvalue weighted by molar-refractivity contribution is -0.138. The SMILES string of the molecule is CCC(CCC(N)N1CCCC1CC(=O)O)CC1CC=C(OC)C(C2C=C(Cl)CCC2)C1F. The van der Waals surface area contributed by atoms with Crippen LogP contribution in [0, 0.1) is 23.7 Å². The van der Waals surface area contributed by atoms with Crippen molar-refractivity contribution in [3.05, 3.63) is 22.9 Å². The van der Waals surface area contributed by atoms with Gasteiger partial charge in [0.15, 0.2) is 0 Å². The molecule has 3 N–H and O–H groups in total. The molecule has 0 amide bonds. The normalized spacial score (nSPS) is 32.7. The van der Waals surface area contributed by atoms with E-state index in [2.05, 4.69) is 24.0 Å². The number of carboxylic acids is 1. The average molecular weight is 485 g/mol. The van der Waals surface area contributed by atoms with Crippen LogP contribution in [-0.4, -0.2) is 48.0 Å². The maximum absolute atomic E-state index is 15.9. The van der Waals surface area contributed by atoms with E-state index < -0.39 is 12.1 Å². The standard InChI is InChI=1S/C26H42ClFN2O3/c1-3-17(9-12-23(29)30-13-5-8-21(30)16-24(31)32)14-19-10-11-22(33-2)25(26(19)28)18-6-4-7-20(27)15-18/h11,15,17-19,21,23,25-26H,3-10,12-14,16,29H2,1-2H3,(H,31,32). The molecule has 188 valence electrons. The number of hydrogen-bond acceptors (Lipinski definition) is 4. The molecule has 7 unspecified atom stereocenters. The number of rotatable bonds is 11. The number of nitrogens with zero attached hydrogens (tertiary/aromatic N) is 1. The summed E-state index contributed by atoms with van der Waals surface area (Å²) in [6.07, 6.45) is 12.3. The molecule has 0 bridgehead atoms. The molecule has 7 heteroatoms. The molecule has 0 radical (unpaired) electrons. The zero-order chi connectivity index (χ0) is 24.0. The Hall–Kier alpha value is -1.11. The number of halogens is 2. The van der Waals surface area contributed by atoms with Gasteiger partial charge in [0, 0.05) is 11.1 Å². The lowest BCUT2D eigenvalue weighted by Gasteiger charge is -2.39. The number of carboxylic acid groups (broad SMARTS) is 1. The van der Waals surface area contributed by atoms with Crippen LogP contribution in [0.5, 0.6) is 0 Å². The molecule has 2 aliphatic carbocycles. The van der Waals surface area contributed by atoms with Crippen LogP contribution in [0.4, 0.5) is 4.39 Å². The predicted molar refractivity (Wildman–Crippen MR) is 130 cm³/mol. The Labute approximate surface area is 203 Å². The van der Waals surface area contributed by atoms with E-state index in [1.807, 2.05) is 0 Å². The van der Waals surface area contributed by atoms with E-state index in [0.717, 1.165) is 75.1 Å². The van der Waals surface area contributed by atoms with Crippen molar-refractivity contribution in [2.75, 3.05) is 13.7 Å². The second kappa shape index (κ2) is 12.6. The minimum Gasteiger partial charge on any atom is -0.501 e. The fraction of sp³-hybridized carbons (Fsp3) is 0.808. The van der Waals surface area contributed by atoms with Gasteiger partial charge < -0.3 is 15.6 Å². The highest BCUT2D eigenvalue weighted by atomic mass is 35.5. The third-order valence-electron chi connectivity index (χ3n) is 8.13. The molecule has 0 aromatic rings. The minimum atomic E-state index is -0.935. The van der Waals surface area contributed by atoms with Crippen molar-refractivity contribution >= 4 is 17.6 Å². The quantitative estimate of drug-likeness (QED) is 0.385. The van der Waals surface area contributed by atoms with Crippen LogP contribution in [0.25, 0.3) is 0 Å². The van der Waals surface area contributed by atoms with Gasteiger partial charge in [0.25, 0.3) is 0 Å². The Morgan fingerprint density at radius 3 is 2.82 bits per heavy atom.